The van der Waals surface area contributed by atoms with Gasteiger partial charge in [-0.05, 0) is 44.2 Å². The average molecular weight is 487 g/mol. The van der Waals surface area contributed by atoms with Crippen LogP contribution in [0.3, 0.4) is 0 Å². The summed E-state index contributed by atoms with van der Waals surface area (Å²) >= 11 is 18.6. The summed E-state index contributed by atoms with van der Waals surface area (Å²) in [5.41, 5.74) is 0.481. The first-order valence-electron chi connectivity index (χ1n) is 8.65. The van der Waals surface area contributed by atoms with Crippen molar-refractivity contribution in [3.8, 4) is 0 Å². The number of urea groups is 1. The van der Waals surface area contributed by atoms with Crippen molar-refractivity contribution < 1.29 is 14.4 Å². The molecule has 1 heterocycles. The van der Waals surface area contributed by atoms with Crippen LogP contribution < -0.4 is 5.32 Å². The van der Waals surface area contributed by atoms with Crippen LogP contribution in [0.5, 0.6) is 0 Å². The molecule has 1 fully saturated rings. The van der Waals surface area contributed by atoms with Gasteiger partial charge in [-0.25, -0.2) is 14.2 Å². The van der Waals surface area contributed by atoms with E-state index in [-0.39, 0.29) is 10.6 Å². The zero-order valence-corrected chi connectivity index (χ0v) is 19.0. The molecule has 0 saturated carbocycles. The minimum Gasteiger partial charge on any atom is -0.306 e. The van der Waals surface area contributed by atoms with Gasteiger partial charge >= 0.3 is 6.03 Å². The summed E-state index contributed by atoms with van der Waals surface area (Å²) in [5.74, 6) is -0.556. The molecular formula is C19H17Cl2FN4O2S2. The van der Waals surface area contributed by atoms with Gasteiger partial charge in [0.2, 0.25) is 0 Å². The number of nitrogens with one attached hydrogen (secondary N) is 1. The molecule has 158 valence electrons. The summed E-state index contributed by atoms with van der Waals surface area (Å²) < 4.78 is 13.7. The molecule has 0 radical (unpaired) electrons. The van der Waals surface area contributed by atoms with Gasteiger partial charge in [0.15, 0.2) is 10.5 Å². The lowest BCUT2D eigenvalue weighted by molar-refractivity contribution is -0.114. The molecule has 0 aliphatic carbocycles. The van der Waals surface area contributed by atoms with Gasteiger partial charge in [-0.15, -0.1) is 0 Å². The lowest BCUT2D eigenvalue weighted by atomic mass is 10.1. The first kappa shape index (κ1) is 22.8. The van der Waals surface area contributed by atoms with Gasteiger partial charge in [-0.1, -0.05) is 59.3 Å². The average Bonchev–Trinajstić information content (AvgIpc) is 2.88. The largest absolute Gasteiger partial charge is 0.347 e. The molecule has 2 amide bonds. The van der Waals surface area contributed by atoms with Gasteiger partial charge in [0.1, 0.15) is 5.82 Å². The molecule has 0 spiro atoms. The fraction of sp³-hybridized carbons (Fsp3) is 0.211. The summed E-state index contributed by atoms with van der Waals surface area (Å²) in [5, 5.41) is 19.9. The van der Waals surface area contributed by atoms with Crippen molar-refractivity contribution in [2.24, 2.45) is 5.10 Å². The molecule has 1 saturated heterocycles. The Morgan fingerprint density at radius 2 is 2.07 bits per heavy atom. The number of hydrogen-bond acceptors (Lipinski definition) is 5. The third-order valence-corrected chi connectivity index (χ3v) is 6.32. The Morgan fingerprint density at radius 1 is 1.37 bits per heavy atom. The second-order valence-electron chi connectivity index (χ2n) is 6.85. The number of thiocarbonyl (C=S) groups is 1. The lowest BCUT2D eigenvalue weighted by Crippen LogP contribution is -2.54. The van der Waals surface area contributed by atoms with E-state index in [2.05, 4.69) is 10.4 Å². The van der Waals surface area contributed by atoms with Crippen LogP contribution in [-0.2, 0) is 0 Å². The SMILES string of the molecule is CC1(C)SC(=S)N(/N=C\c2c(F)cccc2Cl)[C@H]1N(O)C(=O)Nc1cccc(Cl)c1. The van der Waals surface area contributed by atoms with E-state index in [1.165, 1.54) is 41.2 Å². The highest BCUT2D eigenvalue weighted by molar-refractivity contribution is 8.24. The molecule has 3 rings (SSSR count). The Kier molecular flexibility index (Phi) is 6.88. The number of hydrogen-bond donors (Lipinski definition) is 2. The normalized spacial score (nSPS) is 18.1. The molecule has 2 aromatic carbocycles. The van der Waals surface area contributed by atoms with Gasteiger partial charge in [0, 0.05) is 16.3 Å². The van der Waals surface area contributed by atoms with E-state index < -0.39 is 22.8 Å². The number of amides is 2. The lowest BCUT2D eigenvalue weighted by Gasteiger charge is -2.34. The topological polar surface area (TPSA) is 68.2 Å². The predicted octanol–water partition coefficient (Wildman–Crippen LogP) is 5.83. The molecule has 11 heteroatoms. The van der Waals surface area contributed by atoms with Crippen molar-refractivity contribution in [1.29, 1.82) is 0 Å². The van der Waals surface area contributed by atoms with Crippen LogP contribution in [-0.4, -0.2) is 42.8 Å². The first-order chi connectivity index (χ1) is 14.1. The summed E-state index contributed by atoms with van der Waals surface area (Å²) in [6, 6.07) is 9.96. The van der Waals surface area contributed by atoms with Crippen LogP contribution in [0.25, 0.3) is 0 Å². The highest BCUT2D eigenvalue weighted by Crippen LogP contribution is 2.42. The van der Waals surface area contributed by atoms with E-state index in [1.807, 2.05) is 0 Å². The summed E-state index contributed by atoms with van der Waals surface area (Å²) in [6.07, 6.45) is 0.248. The third kappa shape index (κ3) is 4.87. The number of carbonyl (C=O) groups is 1. The molecule has 0 aromatic heterocycles. The van der Waals surface area contributed by atoms with Crippen molar-refractivity contribution in [3.63, 3.8) is 0 Å². The standard InChI is InChI=1S/C19H17Cl2FN4O2S2/c1-19(2)16(26(28)17(27)24-12-6-3-5-11(20)9-12)25(18(29)30-19)23-10-13-14(21)7-4-8-15(13)22/h3-10,16,28H,1-2H3,(H,24,27)/b23-10-/t16-/m0/s1. The fourth-order valence-electron chi connectivity index (χ4n) is 2.84. The Balaban J connectivity index is 1.86. The summed E-state index contributed by atoms with van der Waals surface area (Å²) in [7, 11) is 0. The number of hydroxylamine groups is 2. The molecule has 1 aliphatic heterocycles. The maximum absolute atomic E-state index is 14.1. The first-order valence-corrected chi connectivity index (χ1v) is 10.6. The van der Waals surface area contributed by atoms with E-state index in [4.69, 9.17) is 35.4 Å². The molecular weight excluding hydrogens is 470 g/mol. The van der Waals surface area contributed by atoms with Crippen molar-refractivity contribution >= 4 is 69.4 Å². The molecule has 2 N–H and O–H groups in total. The monoisotopic (exact) mass is 486 g/mol. The van der Waals surface area contributed by atoms with E-state index in [0.29, 0.717) is 20.1 Å². The van der Waals surface area contributed by atoms with Crippen LogP contribution in [0.4, 0.5) is 14.9 Å². The number of anilines is 1. The van der Waals surface area contributed by atoms with Crippen LogP contribution in [0.1, 0.15) is 19.4 Å². The molecule has 1 atom stereocenters. The minimum atomic E-state index is -0.962. The zero-order valence-electron chi connectivity index (χ0n) is 15.8. The Morgan fingerprint density at radius 3 is 2.73 bits per heavy atom. The maximum Gasteiger partial charge on any atom is 0.347 e. The molecule has 30 heavy (non-hydrogen) atoms. The Labute approximate surface area is 192 Å². The van der Waals surface area contributed by atoms with Crippen molar-refractivity contribution in [1.82, 2.24) is 10.1 Å². The fourth-order valence-corrected chi connectivity index (χ4v) is 5.03. The second-order valence-corrected chi connectivity index (χ2v) is 9.99. The van der Waals surface area contributed by atoms with Crippen molar-refractivity contribution in [3.05, 3.63) is 63.9 Å². The second kappa shape index (κ2) is 9.07. The van der Waals surface area contributed by atoms with Crippen LogP contribution in [0, 0.1) is 5.82 Å². The third-order valence-electron chi connectivity index (χ3n) is 4.22. The number of halogens is 3. The van der Waals surface area contributed by atoms with Gasteiger partial charge in [0.05, 0.1) is 16.0 Å². The number of carbonyl (C=O) groups excluding carboxylic acids is 1. The smallest absolute Gasteiger partial charge is 0.306 e. The zero-order chi connectivity index (χ0) is 22.1. The predicted molar refractivity (Wildman–Crippen MR) is 123 cm³/mol. The number of hydrazone groups is 1. The van der Waals surface area contributed by atoms with Gasteiger partial charge in [-0.3, -0.25) is 5.21 Å². The van der Waals surface area contributed by atoms with Crippen molar-refractivity contribution in [2.45, 2.75) is 24.8 Å². The van der Waals surface area contributed by atoms with Gasteiger partial charge in [-0.2, -0.15) is 10.2 Å². The highest BCUT2D eigenvalue weighted by atomic mass is 35.5. The van der Waals surface area contributed by atoms with Gasteiger partial charge < -0.3 is 5.32 Å². The van der Waals surface area contributed by atoms with Crippen LogP contribution in [0.15, 0.2) is 47.6 Å². The van der Waals surface area contributed by atoms with Crippen molar-refractivity contribution in [2.75, 3.05) is 5.32 Å². The van der Waals surface area contributed by atoms with E-state index in [0.717, 1.165) is 0 Å². The summed E-state index contributed by atoms with van der Waals surface area (Å²) in [6.45, 7) is 3.60. The van der Waals surface area contributed by atoms with E-state index in [1.54, 1.807) is 38.1 Å². The van der Waals surface area contributed by atoms with E-state index >= 15 is 0 Å². The highest BCUT2D eigenvalue weighted by Gasteiger charge is 2.50. The Bertz CT molecular complexity index is 1000. The molecule has 1 aliphatic rings. The van der Waals surface area contributed by atoms with Crippen LogP contribution >= 0.6 is 47.2 Å². The molecule has 0 bridgehead atoms. The molecule has 0 unspecified atom stereocenters. The molecule has 2 aromatic rings. The Hall–Kier alpha value is -1.91. The number of nitrogens with zero attached hydrogens (tertiary/aromatic N) is 3. The number of rotatable bonds is 4. The van der Waals surface area contributed by atoms with E-state index in [9.17, 15) is 14.4 Å². The van der Waals surface area contributed by atoms with Gasteiger partial charge in [0.25, 0.3) is 0 Å². The maximum atomic E-state index is 14.1. The number of benzene rings is 2. The number of thioether (sulfide) groups is 1. The minimum absolute atomic E-state index is 0.0725. The molecule has 6 nitrogen and oxygen atoms in total. The van der Waals surface area contributed by atoms with Crippen LogP contribution in [0.2, 0.25) is 10.0 Å². The summed E-state index contributed by atoms with van der Waals surface area (Å²) in [4.78, 5) is 12.6. The quantitative estimate of drug-likeness (QED) is 0.246.